The van der Waals surface area contributed by atoms with Gasteiger partial charge in [-0.3, -0.25) is 13.9 Å². The summed E-state index contributed by atoms with van der Waals surface area (Å²) >= 11 is 16.3. The Hall–Kier alpha value is -3.37. The number of nitrogens with zero attached hydrogens (tertiary/aromatic N) is 2. The third-order valence-electron chi connectivity index (χ3n) is 6.85. The van der Waals surface area contributed by atoms with Crippen LogP contribution < -0.4 is 9.62 Å². The molecule has 1 atom stereocenters. The van der Waals surface area contributed by atoms with E-state index in [0.717, 1.165) is 25.5 Å². The van der Waals surface area contributed by atoms with Crippen LogP contribution in [0.2, 0.25) is 10.0 Å². The molecule has 43 heavy (non-hydrogen) atoms. The van der Waals surface area contributed by atoms with Crippen molar-refractivity contribution < 1.29 is 18.0 Å². The number of hydrogen-bond acceptors (Lipinski definition) is 4. The lowest BCUT2D eigenvalue weighted by Gasteiger charge is -2.34. The van der Waals surface area contributed by atoms with Gasteiger partial charge in [-0.15, -0.1) is 0 Å². The fraction of sp³-hybridized carbons (Fsp3) is 0.188. The predicted molar refractivity (Wildman–Crippen MR) is 175 cm³/mol. The summed E-state index contributed by atoms with van der Waals surface area (Å²) in [5.41, 5.74) is 2.51. The van der Waals surface area contributed by atoms with Gasteiger partial charge >= 0.3 is 0 Å². The van der Waals surface area contributed by atoms with Crippen LogP contribution in [0.3, 0.4) is 0 Å². The molecule has 0 fully saturated rings. The van der Waals surface area contributed by atoms with E-state index < -0.39 is 28.5 Å². The highest BCUT2D eigenvalue weighted by Crippen LogP contribution is 2.35. The summed E-state index contributed by atoms with van der Waals surface area (Å²) in [7, 11) is -2.79. The van der Waals surface area contributed by atoms with Gasteiger partial charge in [0.2, 0.25) is 11.8 Å². The van der Waals surface area contributed by atoms with Gasteiger partial charge in [-0.05, 0) is 54.4 Å². The molecule has 224 valence electrons. The monoisotopic (exact) mass is 701 g/mol. The highest BCUT2D eigenvalue weighted by molar-refractivity contribution is 9.10. The molecular weight excluding hydrogens is 673 g/mol. The molecule has 0 aliphatic heterocycles. The fourth-order valence-electron chi connectivity index (χ4n) is 4.59. The molecule has 0 saturated carbocycles. The van der Waals surface area contributed by atoms with E-state index in [-0.39, 0.29) is 39.5 Å². The molecule has 11 heteroatoms. The molecule has 4 rings (SSSR count). The van der Waals surface area contributed by atoms with E-state index in [2.05, 4.69) is 21.2 Å². The van der Waals surface area contributed by atoms with Crippen LogP contribution >= 0.6 is 39.1 Å². The number of rotatable bonds is 11. The van der Waals surface area contributed by atoms with Crippen molar-refractivity contribution in [2.24, 2.45) is 0 Å². The lowest BCUT2D eigenvalue weighted by molar-refractivity contribution is -0.139. The minimum absolute atomic E-state index is 0.0154. The van der Waals surface area contributed by atoms with Gasteiger partial charge in [0.25, 0.3) is 10.0 Å². The van der Waals surface area contributed by atoms with Gasteiger partial charge < -0.3 is 10.2 Å². The highest BCUT2D eigenvalue weighted by atomic mass is 79.9. The Labute approximate surface area is 270 Å². The minimum Gasteiger partial charge on any atom is -0.357 e. The number of amides is 2. The van der Waals surface area contributed by atoms with Gasteiger partial charge in [0.1, 0.15) is 12.6 Å². The number of likely N-dealkylation sites (N-methyl/N-ethyl adjacent to an activating group) is 1. The second kappa shape index (κ2) is 14.4. The zero-order chi connectivity index (χ0) is 31.1. The summed E-state index contributed by atoms with van der Waals surface area (Å²) in [4.78, 5) is 29.1. The quantitative estimate of drug-likeness (QED) is 0.190. The maximum absolute atomic E-state index is 14.3. The van der Waals surface area contributed by atoms with Crippen LogP contribution in [0, 0.1) is 6.92 Å². The number of nitrogens with one attached hydrogen (secondary N) is 1. The first-order valence-corrected chi connectivity index (χ1v) is 16.3. The van der Waals surface area contributed by atoms with Crippen LogP contribution in [0.25, 0.3) is 0 Å². The van der Waals surface area contributed by atoms with Crippen LogP contribution in [0.15, 0.2) is 106 Å². The van der Waals surface area contributed by atoms with Crippen LogP contribution in [-0.2, 0) is 32.6 Å². The number of carbonyl (C=O) groups is 2. The molecule has 7 nitrogen and oxygen atoms in total. The van der Waals surface area contributed by atoms with Crippen LogP contribution in [0.1, 0.15) is 16.7 Å². The van der Waals surface area contributed by atoms with Crippen LogP contribution in [0.4, 0.5) is 5.69 Å². The first-order chi connectivity index (χ1) is 20.5. The lowest BCUT2D eigenvalue weighted by Crippen LogP contribution is -2.53. The first-order valence-electron chi connectivity index (χ1n) is 13.3. The van der Waals surface area contributed by atoms with E-state index in [1.54, 1.807) is 18.2 Å². The molecule has 0 unspecified atom stereocenters. The molecule has 0 bridgehead atoms. The standard InChI is InChI=1S/C32H30BrCl2N3O4S/c1-22-14-16-26(17-15-22)43(41,42)38(28-13-7-12-27(34)31(28)35)21-30(39)37(20-24-10-6-11-25(33)18-24)29(32(40)36-2)19-23-8-4-3-5-9-23/h3-18,29H,19-21H2,1-2H3,(H,36,40)/t29-/m0/s1. The van der Waals surface area contributed by atoms with Gasteiger partial charge in [0.05, 0.1) is 20.6 Å². The molecule has 0 spiro atoms. The van der Waals surface area contributed by atoms with Crippen molar-refractivity contribution >= 4 is 66.7 Å². The molecule has 1 N–H and O–H groups in total. The van der Waals surface area contributed by atoms with Crippen molar-refractivity contribution in [3.05, 3.63) is 128 Å². The van der Waals surface area contributed by atoms with E-state index in [4.69, 9.17) is 23.2 Å². The summed E-state index contributed by atoms with van der Waals surface area (Å²) in [5, 5.41) is 2.79. The zero-order valence-corrected chi connectivity index (χ0v) is 27.4. The molecule has 4 aromatic carbocycles. The molecule has 0 saturated heterocycles. The van der Waals surface area contributed by atoms with E-state index in [9.17, 15) is 18.0 Å². The number of carbonyl (C=O) groups excluding carboxylic acids is 2. The second-order valence-corrected chi connectivity index (χ2v) is 13.4. The minimum atomic E-state index is -4.29. The number of anilines is 1. The average molecular weight is 703 g/mol. The smallest absolute Gasteiger partial charge is 0.264 e. The third-order valence-corrected chi connectivity index (χ3v) is 9.92. The topological polar surface area (TPSA) is 86.8 Å². The van der Waals surface area contributed by atoms with Gasteiger partial charge in [-0.2, -0.15) is 0 Å². The molecule has 0 aliphatic rings. The summed E-state index contributed by atoms with van der Waals surface area (Å²) in [5.74, 6) is -0.989. The normalized spacial score (nSPS) is 11.9. The molecule has 0 aromatic heterocycles. The number of sulfonamides is 1. The number of hydrogen-bond donors (Lipinski definition) is 1. The summed E-state index contributed by atoms with van der Waals surface area (Å²) in [6.45, 7) is 1.26. The fourth-order valence-corrected chi connectivity index (χ4v) is 6.91. The molecule has 0 radical (unpaired) electrons. The Morgan fingerprint density at radius 3 is 2.19 bits per heavy atom. The number of halogens is 3. The number of aryl methyl sites for hydroxylation is 1. The van der Waals surface area contributed by atoms with Crippen molar-refractivity contribution in [3.63, 3.8) is 0 Å². The van der Waals surface area contributed by atoms with Gasteiger partial charge in [-0.1, -0.05) is 105 Å². The summed E-state index contributed by atoms with van der Waals surface area (Å²) in [6, 6.07) is 26.6. The Morgan fingerprint density at radius 2 is 1.53 bits per heavy atom. The first kappa shape index (κ1) is 32.5. The Bertz CT molecular complexity index is 1700. The zero-order valence-electron chi connectivity index (χ0n) is 23.5. The van der Waals surface area contributed by atoms with Gasteiger partial charge in [-0.25, -0.2) is 8.42 Å². The molecule has 0 aliphatic carbocycles. The highest BCUT2D eigenvalue weighted by Gasteiger charge is 2.35. The van der Waals surface area contributed by atoms with Crippen molar-refractivity contribution in [1.29, 1.82) is 0 Å². The molecule has 0 heterocycles. The lowest BCUT2D eigenvalue weighted by atomic mass is 10.0. The largest absolute Gasteiger partial charge is 0.357 e. The SMILES string of the molecule is CNC(=O)[C@H](Cc1ccccc1)N(Cc1cccc(Br)c1)C(=O)CN(c1cccc(Cl)c1Cl)S(=O)(=O)c1ccc(C)cc1. The van der Waals surface area contributed by atoms with Crippen molar-refractivity contribution in [2.75, 3.05) is 17.9 Å². The average Bonchev–Trinajstić information content (AvgIpc) is 2.99. The number of benzene rings is 4. The van der Waals surface area contributed by atoms with Gasteiger partial charge in [0.15, 0.2) is 0 Å². The van der Waals surface area contributed by atoms with E-state index in [1.165, 1.54) is 36.2 Å². The van der Waals surface area contributed by atoms with Gasteiger partial charge in [0, 0.05) is 24.5 Å². The van der Waals surface area contributed by atoms with Crippen molar-refractivity contribution in [3.8, 4) is 0 Å². The second-order valence-electron chi connectivity index (χ2n) is 9.87. The Kier molecular flexibility index (Phi) is 10.9. The Balaban J connectivity index is 1.82. The van der Waals surface area contributed by atoms with E-state index in [0.29, 0.717) is 0 Å². The van der Waals surface area contributed by atoms with E-state index >= 15 is 0 Å². The summed E-state index contributed by atoms with van der Waals surface area (Å²) in [6.07, 6.45) is 0.211. The third kappa shape index (κ3) is 7.97. The van der Waals surface area contributed by atoms with Crippen molar-refractivity contribution in [1.82, 2.24) is 10.2 Å². The maximum atomic E-state index is 14.3. The van der Waals surface area contributed by atoms with E-state index in [1.807, 2.05) is 61.5 Å². The summed E-state index contributed by atoms with van der Waals surface area (Å²) < 4.78 is 29.9. The van der Waals surface area contributed by atoms with Crippen LogP contribution in [0.5, 0.6) is 0 Å². The molecule has 2 amide bonds. The predicted octanol–water partition coefficient (Wildman–Crippen LogP) is 6.65. The Morgan fingerprint density at radius 1 is 0.884 bits per heavy atom. The maximum Gasteiger partial charge on any atom is 0.264 e. The van der Waals surface area contributed by atoms with Crippen LogP contribution in [-0.4, -0.2) is 44.8 Å². The molecular formula is C32H30BrCl2N3O4S. The van der Waals surface area contributed by atoms with Crippen molar-refractivity contribution in [2.45, 2.75) is 30.8 Å². The molecule has 4 aromatic rings.